The molecule has 2 atom stereocenters. The summed E-state index contributed by atoms with van der Waals surface area (Å²) in [6.45, 7) is 2.70. The molecule has 0 aromatic carbocycles. The highest BCUT2D eigenvalue weighted by atomic mass is 16.1. The Morgan fingerprint density at radius 1 is 1.62 bits per heavy atom. The first kappa shape index (κ1) is 8.71. The number of carbonyl (C=O) groups excluding carboxylic acids is 1. The molecule has 70 valence electrons. The molecule has 3 nitrogen and oxygen atoms in total. The number of Topliss-reactive ketones (excluding diaryl/α,β-unsaturated/α-hetero) is 1. The highest BCUT2D eigenvalue weighted by Gasteiger charge is 2.45. The molecule has 1 saturated carbocycles. The highest BCUT2D eigenvalue weighted by Crippen LogP contribution is 2.34. The summed E-state index contributed by atoms with van der Waals surface area (Å²) in [4.78, 5) is 13.9. The van der Waals surface area contributed by atoms with Crippen LogP contribution in [-0.4, -0.2) is 29.3 Å². The van der Waals surface area contributed by atoms with Crippen LogP contribution in [0.4, 0.5) is 0 Å². The Hall–Kier alpha value is -0.880. The van der Waals surface area contributed by atoms with Crippen molar-refractivity contribution in [2.45, 2.75) is 38.3 Å². The van der Waals surface area contributed by atoms with E-state index in [0.29, 0.717) is 12.6 Å². The van der Waals surface area contributed by atoms with Crippen molar-refractivity contribution in [1.82, 2.24) is 4.90 Å². The van der Waals surface area contributed by atoms with Gasteiger partial charge in [0, 0.05) is 12.6 Å². The molecule has 1 heterocycles. The Bertz CT molecular complexity index is 265. The number of hydrogen-bond acceptors (Lipinski definition) is 3. The van der Waals surface area contributed by atoms with Crippen molar-refractivity contribution in [3.05, 3.63) is 0 Å². The second kappa shape index (κ2) is 3.12. The smallest absolute Gasteiger partial charge is 0.168 e. The molecule has 13 heavy (non-hydrogen) atoms. The van der Waals surface area contributed by atoms with Gasteiger partial charge < -0.3 is 0 Å². The third-order valence-electron chi connectivity index (χ3n) is 3.02. The molecule has 0 aromatic heterocycles. The lowest BCUT2D eigenvalue weighted by molar-refractivity contribution is -0.121. The second-order valence-corrected chi connectivity index (χ2v) is 3.94. The Balaban J connectivity index is 2.12. The molecule has 0 aromatic rings. The van der Waals surface area contributed by atoms with Crippen LogP contribution in [0, 0.1) is 17.2 Å². The fourth-order valence-electron chi connectivity index (χ4n) is 2.17. The summed E-state index contributed by atoms with van der Waals surface area (Å²) in [7, 11) is 0. The number of likely N-dealkylation sites (tertiary alicyclic amines) is 1. The normalized spacial score (nSPS) is 34.9. The third-order valence-corrected chi connectivity index (χ3v) is 3.02. The number of nitrogens with zero attached hydrogens (tertiary/aromatic N) is 2. The SMILES string of the molecule is CCC1C(=O)C(C#N)CN1C1CC1. The summed E-state index contributed by atoms with van der Waals surface area (Å²) < 4.78 is 0. The molecule has 1 saturated heterocycles. The van der Waals surface area contributed by atoms with Gasteiger partial charge in [-0.25, -0.2) is 0 Å². The van der Waals surface area contributed by atoms with E-state index in [1.165, 1.54) is 12.8 Å². The van der Waals surface area contributed by atoms with Gasteiger partial charge in [-0.05, 0) is 19.3 Å². The average Bonchev–Trinajstić information content (AvgIpc) is 2.91. The molecule has 2 fully saturated rings. The minimum atomic E-state index is -0.356. The molecular weight excluding hydrogens is 164 g/mol. The molecule has 2 unspecified atom stereocenters. The largest absolute Gasteiger partial charge is 0.296 e. The molecule has 0 spiro atoms. The fourth-order valence-corrected chi connectivity index (χ4v) is 2.17. The van der Waals surface area contributed by atoms with Gasteiger partial charge in [0.05, 0.1) is 12.1 Å². The van der Waals surface area contributed by atoms with Crippen molar-refractivity contribution in [3.8, 4) is 6.07 Å². The molecule has 0 radical (unpaired) electrons. The molecule has 0 N–H and O–H groups in total. The van der Waals surface area contributed by atoms with Gasteiger partial charge in [-0.2, -0.15) is 5.26 Å². The zero-order valence-corrected chi connectivity index (χ0v) is 7.86. The summed E-state index contributed by atoms with van der Waals surface area (Å²) in [6.07, 6.45) is 3.28. The van der Waals surface area contributed by atoms with Crippen LogP contribution in [0.2, 0.25) is 0 Å². The van der Waals surface area contributed by atoms with Gasteiger partial charge in [-0.3, -0.25) is 9.69 Å². The van der Waals surface area contributed by atoms with E-state index >= 15 is 0 Å². The van der Waals surface area contributed by atoms with E-state index in [0.717, 1.165) is 6.42 Å². The van der Waals surface area contributed by atoms with Crippen molar-refractivity contribution in [2.24, 2.45) is 5.92 Å². The van der Waals surface area contributed by atoms with Gasteiger partial charge in [0.2, 0.25) is 0 Å². The van der Waals surface area contributed by atoms with E-state index in [4.69, 9.17) is 5.26 Å². The zero-order chi connectivity index (χ0) is 9.42. The molecule has 0 amide bonds. The van der Waals surface area contributed by atoms with Crippen molar-refractivity contribution >= 4 is 5.78 Å². The fraction of sp³-hybridized carbons (Fsp3) is 0.800. The molecule has 1 aliphatic heterocycles. The summed E-state index contributed by atoms with van der Waals surface area (Å²) in [5.41, 5.74) is 0. The van der Waals surface area contributed by atoms with Crippen molar-refractivity contribution in [2.75, 3.05) is 6.54 Å². The van der Waals surface area contributed by atoms with Crippen LogP contribution < -0.4 is 0 Å². The van der Waals surface area contributed by atoms with Crippen LogP contribution in [0.3, 0.4) is 0 Å². The van der Waals surface area contributed by atoms with E-state index < -0.39 is 0 Å². The number of hydrogen-bond donors (Lipinski definition) is 0. The first-order chi connectivity index (χ1) is 6.27. The molecule has 1 aliphatic carbocycles. The van der Waals surface area contributed by atoms with E-state index in [2.05, 4.69) is 11.0 Å². The molecule has 2 aliphatic rings. The lowest BCUT2D eigenvalue weighted by atomic mass is 10.0. The van der Waals surface area contributed by atoms with Gasteiger partial charge >= 0.3 is 0 Å². The van der Waals surface area contributed by atoms with Gasteiger partial charge in [-0.1, -0.05) is 6.92 Å². The second-order valence-electron chi connectivity index (χ2n) is 3.94. The number of rotatable bonds is 2. The van der Waals surface area contributed by atoms with Gasteiger partial charge in [0.1, 0.15) is 5.92 Å². The minimum Gasteiger partial charge on any atom is -0.296 e. The van der Waals surface area contributed by atoms with Crippen LogP contribution in [0.25, 0.3) is 0 Å². The summed E-state index contributed by atoms with van der Waals surface area (Å²) in [5.74, 6) is -0.206. The van der Waals surface area contributed by atoms with Crippen LogP contribution in [0.15, 0.2) is 0 Å². The summed E-state index contributed by atoms with van der Waals surface area (Å²) >= 11 is 0. The zero-order valence-electron chi connectivity index (χ0n) is 7.86. The highest BCUT2D eigenvalue weighted by molar-refractivity contribution is 5.90. The van der Waals surface area contributed by atoms with E-state index in [1.54, 1.807) is 0 Å². The monoisotopic (exact) mass is 178 g/mol. The van der Waals surface area contributed by atoms with Gasteiger partial charge in [0.15, 0.2) is 5.78 Å². The summed E-state index contributed by atoms with van der Waals surface area (Å²) in [5, 5.41) is 8.77. The van der Waals surface area contributed by atoms with Crippen molar-refractivity contribution < 1.29 is 4.79 Å². The Kier molecular flexibility index (Phi) is 2.09. The molecule has 3 heteroatoms. The van der Waals surface area contributed by atoms with Crippen LogP contribution >= 0.6 is 0 Å². The maximum absolute atomic E-state index is 11.6. The Labute approximate surface area is 78.3 Å². The van der Waals surface area contributed by atoms with Crippen molar-refractivity contribution in [1.29, 1.82) is 5.26 Å². The molecule has 0 bridgehead atoms. The predicted octanol–water partition coefficient (Wildman–Crippen LogP) is 0.952. The van der Waals surface area contributed by atoms with Gasteiger partial charge in [0.25, 0.3) is 0 Å². The van der Waals surface area contributed by atoms with E-state index in [1.807, 2.05) is 6.92 Å². The Morgan fingerprint density at radius 3 is 2.77 bits per heavy atom. The van der Waals surface area contributed by atoms with Crippen molar-refractivity contribution in [3.63, 3.8) is 0 Å². The van der Waals surface area contributed by atoms with Gasteiger partial charge in [-0.15, -0.1) is 0 Å². The maximum Gasteiger partial charge on any atom is 0.168 e. The quantitative estimate of drug-likeness (QED) is 0.632. The molecule has 2 rings (SSSR count). The Morgan fingerprint density at radius 2 is 2.31 bits per heavy atom. The average molecular weight is 178 g/mol. The van der Waals surface area contributed by atoms with Crippen LogP contribution in [-0.2, 0) is 4.79 Å². The van der Waals surface area contributed by atoms with Crippen LogP contribution in [0.1, 0.15) is 26.2 Å². The summed E-state index contributed by atoms with van der Waals surface area (Å²) in [6, 6.07) is 2.74. The maximum atomic E-state index is 11.6. The van der Waals surface area contributed by atoms with E-state index in [-0.39, 0.29) is 17.7 Å². The molecular formula is C10H14N2O. The lowest BCUT2D eigenvalue weighted by Gasteiger charge is -2.20. The lowest BCUT2D eigenvalue weighted by Crippen LogP contribution is -2.34. The standard InChI is InChI=1S/C10H14N2O/c1-2-9-10(13)7(5-11)6-12(9)8-3-4-8/h7-9H,2-4,6H2,1H3. The topological polar surface area (TPSA) is 44.1 Å². The first-order valence-corrected chi connectivity index (χ1v) is 4.97. The minimum absolute atomic E-state index is 0.0390. The first-order valence-electron chi connectivity index (χ1n) is 4.97. The van der Waals surface area contributed by atoms with E-state index in [9.17, 15) is 4.79 Å². The predicted molar refractivity (Wildman–Crippen MR) is 47.9 cm³/mol. The third kappa shape index (κ3) is 1.36. The number of carbonyl (C=O) groups is 1. The van der Waals surface area contributed by atoms with Crippen LogP contribution in [0.5, 0.6) is 0 Å². The number of nitriles is 1. The number of ketones is 1.